The number of ether oxygens (including phenoxy) is 2. The van der Waals surface area contributed by atoms with E-state index in [-0.39, 0.29) is 12.2 Å². The molecule has 1 heterocycles. The second-order valence-electron chi connectivity index (χ2n) is 9.27. The highest BCUT2D eigenvalue weighted by Crippen LogP contribution is 2.32. The summed E-state index contributed by atoms with van der Waals surface area (Å²) < 4.78 is 11.8. The van der Waals surface area contributed by atoms with Gasteiger partial charge in [-0.05, 0) is 71.3 Å². The zero-order valence-electron chi connectivity index (χ0n) is 21.9. The first-order valence-corrected chi connectivity index (χ1v) is 13.4. The number of carbonyl (C=O) groups is 3. The molecule has 0 saturated carbocycles. The third-order valence-electron chi connectivity index (χ3n) is 6.49. The number of unbranched alkanes of at least 4 members (excludes halogenated alkanes) is 1. The van der Waals surface area contributed by atoms with E-state index >= 15 is 0 Å². The van der Waals surface area contributed by atoms with Crippen molar-refractivity contribution in [3.8, 4) is 11.5 Å². The fourth-order valence-corrected chi connectivity index (χ4v) is 4.48. The van der Waals surface area contributed by atoms with Crippen molar-refractivity contribution in [1.82, 2.24) is 5.32 Å². The fourth-order valence-electron chi connectivity index (χ4n) is 4.35. The summed E-state index contributed by atoms with van der Waals surface area (Å²) in [6, 6.07) is 24.4. The number of nitrogens with one attached hydrogen (secondary N) is 1. The van der Waals surface area contributed by atoms with E-state index < -0.39 is 17.8 Å². The standard InChI is InChI=1S/C32H27ClN2O5/c1-2-3-18-39-25-15-13-24(14-16-25)35-31(37)28(30(36)34-32(35)38)19-27-26-7-5-4-6-22(26)10-17-29(27)40-20-21-8-11-23(33)12-9-21/h4-17,19H,2-3,18,20H2,1H3,(H,34,36,38)/b28-19-. The van der Waals surface area contributed by atoms with Crippen molar-refractivity contribution >= 4 is 52.0 Å². The molecule has 1 aliphatic rings. The van der Waals surface area contributed by atoms with Gasteiger partial charge in [0.1, 0.15) is 23.7 Å². The van der Waals surface area contributed by atoms with Gasteiger partial charge in [-0.3, -0.25) is 14.9 Å². The van der Waals surface area contributed by atoms with Crippen LogP contribution in [0, 0.1) is 0 Å². The maximum absolute atomic E-state index is 13.6. The largest absolute Gasteiger partial charge is 0.494 e. The number of hydrogen-bond donors (Lipinski definition) is 1. The number of urea groups is 1. The lowest BCUT2D eigenvalue weighted by Gasteiger charge is -2.26. The average molecular weight is 555 g/mol. The Morgan fingerprint density at radius 1 is 0.875 bits per heavy atom. The quantitative estimate of drug-likeness (QED) is 0.138. The highest BCUT2D eigenvalue weighted by molar-refractivity contribution is 6.39. The van der Waals surface area contributed by atoms with E-state index in [1.165, 1.54) is 6.08 Å². The lowest BCUT2D eigenvalue weighted by atomic mass is 9.99. The van der Waals surface area contributed by atoms with Crippen LogP contribution in [0.15, 0.2) is 90.5 Å². The van der Waals surface area contributed by atoms with Crippen LogP contribution < -0.4 is 19.7 Å². The summed E-state index contributed by atoms with van der Waals surface area (Å²) in [5.41, 5.74) is 1.59. The molecule has 1 aliphatic heterocycles. The average Bonchev–Trinajstić information content (AvgIpc) is 2.96. The molecule has 8 heteroatoms. The van der Waals surface area contributed by atoms with Crippen molar-refractivity contribution in [1.29, 1.82) is 0 Å². The summed E-state index contributed by atoms with van der Waals surface area (Å²) in [6.07, 6.45) is 3.41. The number of benzene rings is 4. The van der Waals surface area contributed by atoms with Gasteiger partial charge < -0.3 is 9.47 Å². The Balaban J connectivity index is 1.49. The van der Waals surface area contributed by atoms with Gasteiger partial charge in [0.25, 0.3) is 11.8 Å². The van der Waals surface area contributed by atoms with Crippen LogP contribution in [0.2, 0.25) is 5.02 Å². The molecule has 0 atom stereocenters. The Labute approximate surface area is 237 Å². The summed E-state index contributed by atoms with van der Waals surface area (Å²) in [4.78, 5) is 40.2. The van der Waals surface area contributed by atoms with Gasteiger partial charge >= 0.3 is 6.03 Å². The maximum Gasteiger partial charge on any atom is 0.335 e. The van der Waals surface area contributed by atoms with Gasteiger partial charge in [-0.2, -0.15) is 0 Å². The minimum Gasteiger partial charge on any atom is -0.494 e. The summed E-state index contributed by atoms with van der Waals surface area (Å²) in [5.74, 6) is -0.390. The molecule has 1 N–H and O–H groups in total. The number of anilines is 1. The van der Waals surface area contributed by atoms with Crippen LogP contribution in [0.3, 0.4) is 0 Å². The molecule has 202 valence electrons. The molecule has 4 aromatic rings. The third-order valence-corrected chi connectivity index (χ3v) is 6.74. The number of amides is 4. The summed E-state index contributed by atoms with van der Waals surface area (Å²) in [5, 5.41) is 4.61. The lowest BCUT2D eigenvalue weighted by molar-refractivity contribution is -0.122. The van der Waals surface area contributed by atoms with Crippen molar-refractivity contribution in [2.24, 2.45) is 0 Å². The first-order chi connectivity index (χ1) is 19.4. The molecular formula is C32H27ClN2O5. The first kappa shape index (κ1) is 27.0. The van der Waals surface area contributed by atoms with E-state index in [1.54, 1.807) is 42.5 Å². The molecule has 0 unspecified atom stereocenters. The van der Waals surface area contributed by atoms with E-state index in [0.29, 0.717) is 34.4 Å². The van der Waals surface area contributed by atoms with E-state index in [0.717, 1.165) is 34.1 Å². The van der Waals surface area contributed by atoms with Gasteiger partial charge in [-0.1, -0.05) is 67.4 Å². The Hall–Kier alpha value is -4.62. The number of imide groups is 2. The maximum atomic E-state index is 13.6. The minimum atomic E-state index is -0.816. The van der Waals surface area contributed by atoms with Crippen LogP contribution in [0.25, 0.3) is 16.8 Å². The van der Waals surface area contributed by atoms with Crippen molar-refractivity contribution in [2.45, 2.75) is 26.4 Å². The van der Waals surface area contributed by atoms with Crippen LogP contribution in [-0.4, -0.2) is 24.5 Å². The van der Waals surface area contributed by atoms with Crippen molar-refractivity contribution in [3.63, 3.8) is 0 Å². The number of fused-ring (bicyclic) bond motifs is 1. The second kappa shape index (κ2) is 12.1. The number of nitrogens with zero attached hydrogens (tertiary/aromatic N) is 1. The number of hydrogen-bond acceptors (Lipinski definition) is 5. The van der Waals surface area contributed by atoms with E-state index in [9.17, 15) is 14.4 Å². The van der Waals surface area contributed by atoms with Gasteiger partial charge in [0, 0.05) is 10.6 Å². The molecule has 0 bridgehead atoms. The van der Waals surface area contributed by atoms with E-state index in [1.807, 2.05) is 42.5 Å². The Kier molecular flexibility index (Phi) is 8.12. The normalized spacial score (nSPS) is 14.5. The van der Waals surface area contributed by atoms with Crippen LogP contribution in [-0.2, 0) is 16.2 Å². The number of barbiturate groups is 1. The van der Waals surface area contributed by atoms with Crippen molar-refractivity contribution in [3.05, 3.63) is 107 Å². The second-order valence-corrected chi connectivity index (χ2v) is 9.70. The summed E-state index contributed by atoms with van der Waals surface area (Å²) in [6.45, 7) is 2.91. The molecule has 1 saturated heterocycles. The van der Waals surface area contributed by atoms with Gasteiger partial charge in [0.15, 0.2) is 0 Å². The highest BCUT2D eigenvalue weighted by atomic mass is 35.5. The SMILES string of the molecule is CCCCOc1ccc(N2C(=O)NC(=O)/C(=C/c3c(OCc4ccc(Cl)cc4)ccc4ccccc34)C2=O)cc1. The first-order valence-electron chi connectivity index (χ1n) is 13.0. The topological polar surface area (TPSA) is 84.9 Å². The minimum absolute atomic E-state index is 0.185. The predicted molar refractivity (Wildman–Crippen MR) is 156 cm³/mol. The van der Waals surface area contributed by atoms with Crippen LogP contribution in [0.4, 0.5) is 10.5 Å². The third kappa shape index (κ3) is 5.84. The van der Waals surface area contributed by atoms with Gasteiger partial charge in [-0.15, -0.1) is 0 Å². The molecule has 0 aromatic heterocycles. The zero-order chi connectivity index (χ0) is 28.1. The van der Waals surface area contributed by atoms with Crippen molar-refractivity contribution < 1.29 is 23.9 Å². The predicted octanol–water partition coefficient (Wildman–Crippen LogP) is 6.92. The van der Waals surface area contributed by atoms with Gasteiger partial charge in [-0.25, -0.2) is 9.69 Å². The highest BCUT2D eigenvalue weighted by Gasteiger charge is 2.37. The van der Waals surface area contributed by atoms with Crippen LogP contribution >= 0.6 is 11.6 Å². The van der Waals surface area contributed by atoms with Gasteiger partial charge in [0.05, 0.1) is 12.3 Å². The lowest BCUT2D eigenvalue weighted by Crippen LogP contribution is -2.54. The number of carbonyl (C=O) groups excluding carboxylic acids is 3. The summed E-state index contributed by atoms with van der Waals surface area (Å²) in [7, 11) is 0. The molecular weight excluding hydrogens is 528 g/mol. The Morgan fingerprint density at radius 2 is 1.62 bits per heavy atom. The zero-order valence-corrected chi connectivity index (χ0v) is 22.6. The van der Waals surface area contributed by atoms with Crippen LogP contribution in [0.1, 0.15) is 30.9 Å². The summed E-state index contributed by atoms with van der Waals surface area (Å²) >= 11 is 6.00. The molecule has 7 nitrogen and oxygen atoms in total. The number of halogens is 1. The molecule has 0 aliphatic carbocycles. The molecule has 0 radical (unpaired) electrons. The fraction of sp³-hybridized carbons (Fsp3) is 0.156. The Bertz CT molecular complexity index is 1600. The molecule has 40 heavy (non-hydrogen) atoms. The molecule has 0 spiro atoms. The van der Waals surface area contributed by atoms with E-state index in [4.69, 9.17) is 21.1 Å². The van der Waals surface area contributed by atoms with Crippen LogP contribution in [0.5, 0.6) is 11.5 Å². The molecule has 5 rings (SSSR count). The Morgan fingerprint density at radius 3 is 2.38 bits per heavy atom. The molecule has 4 amide bonds. The van der Waals surface area contributed by atoms with Crippen molar-refractivity contribution in [2.75, 3.05) is 11.5 Å². The van der Waals surface area contributed by atoms with Gasteiger partial charge in [0.2, 0.25) is 0 Å². The number of rotatable bonds is 9. The molecule has 1 fully saturated rings. The monoisotopic (exact) mass is 554 g/mol. The van der Waals surface area contributed by atoms with E-state index in [2.05, 4.69) is 12.2 Å². The molecule has 4 aromatic carbocycles. The smallest absolute Gasteiger partial charge is 0.335 e.